The molecule has 0 N–H and O–H groups in total. The molecule has 0 amide bonds. The van der Waals surface area contributed by atoms with E-state index in [2.05, 4.69) is 110 Å². The maximum atomic E-state index is 2.68. The molecule has 0 aliphatic heterocycles. The van der Waals surface area contributed by atoms with Crippen LogP contribution in [-0.2, 0) is 13.1 Å². The van der Waals surface area contributed by atoms with E-state index >= 15 is 0 Å². The number of aryl methyl sites for hydroxylation is 4. The molecule has 298 valence electrons. The summed E-state index contributed by atoms with van der Waals surface area (Å²) in [7, 11) is 0. The number of hydrogen-bond acceptors (Lipinski definition) is 2. The Hall–Kier alpha value is -3.34. The maximum Gasteiger partial charge on any atom is 0.0499 e. The Kier molecular flexibility index (Phi) is 14.9. The largest absolute Gasteiger partial charge is 0.340 e. The van der Waals surface area contributed by atoms with Crippen LogP contribution in [0.5, 0.6) is 0 Å². The monoisotopic (exact) mass is 784 g/mol. The molecule has 0 fully saturated rings. The molecule has 7 rings (SSSR count). The average molecular weight is 785 g/mol. The number of hydrogen-bond donors (Lipinski definition) is 0. The van der Waals surface area contributed by atoms with Crippen molar-refractivity contribution >= 4 is 66.3 Å². The highest BCUT2D eigenvalue weighted by atomic mass is 32.1. The van der Waals surface area contributed by atoms with Crippen molar-refractivity contribution in [2.24, 2.45) is 0 Å². The van der Waals surface area contributed by atoms with Crippen LogP contribution in [0.15, 0.2) is 72.8 Å². The summed E-state index contributed by atoms with van der Waals surface area (Å²) in [5.74, 6) is 0. The summed E-state index contributed by atoms with van der Waals surface area (Å²) < 4.78 is 5.35. The lowest BCUT2D eigenvalue weighted by molar-refractivity contribution is 0.541. The number of aromatic nitrogens is 2. The fraction of sp³-hybridized carbons (Fsp3) is 0.500. The lowest BCUT2D eigenvalue weighted by atomic mass is 10.1. The summed E-state index contributed by atoms with van der Waals surface area (Å²) in [4.78, 5) is 5.48. The van der Waals surface area contributed by atoms with E-state index in [4.69, 9.17) is 0 Å². The van der Waals surface area contributed by atoms with E-state index in [1.54, 1.807) is 0 Å². The molecule has 0 atom stereocenters. The van der Waals surface area contributed by atoms with Crippen LogP contribution in [0.2, 0.25) is 0 Å². The molecule has 0 aliphatic rings. The molecule has 0 aliphatic carbocycles. The summed E-state index contributed by atoms with van der Waals surface area (Å²) in [5.41, 5.74) is 8.27. The summed E-state index contributed by atoms with van der Waals surface area (Å²) >= 11 is 3.82. The van der Waals surface area contributed by atoms with Crippen LogP contribution < -0.4 is 0 Å². The summed E-state index contributed by atoms with van der Waals surface area (Å²) in [5, 5.41) is 5.64. The minimum absolute atomic E-state index is 1.08. The lowest BCUT2D eigenvalue weighted by Gasteiger charge is -2.09. The van der Waals surface area contributed by atoms with Crippen LogP contribution >= 0.6 is 22.7 Å². The molecule has 7 aromatic rings. The molecule has 4 aromatic heterocycles. The molecule has 0 unspecified atom stereocenters. The van der Waals surface area contributed by atoms with Crippen LogP contribution in [-0.4, -0.2) is 9.13 Å². The quantitative estimate of drug-likeness (QED) is 0.0540. The molecule has 0 radical (unpaired) electrons. The molecule has 3 aromatic carbocycles. The van der Waals surface area contributed by atoms with E-state index in [9.17, 15) is 0 Å². The normalized spacial score (nSPS) is 12.1. The predicted molar refractivity (Wildman–Crippen MR) is 252 cm³/mol. The van der Waals surface area contributed by atoms with Crippen molar-refractivity contribution in [3.05, 3.63) is 82.6 Å². The molecular weight excluding hydrogens is 717 g/mol. The third kappa shape index (κ3) is 9.84. The summed E-state index contributed by atoms with van der Waals surface area (Å²) in [6, 6.07) is 28.9. The first-order valence-electron chi connectivity index (χ1n) is 22.7. The molecule has 0 saturated heterocycles. The van der Waals surface area contributed by atoms with E-state index in [0.717, 1.165) is 13.1 Å². The van der Waals surface area contributed by atoms with Crippen molar-refractivity contribution in [1.29, 1.82) is 0 Å². The van der Waals surface area contributed by atoms with Gasteiger partial charge in [0.2, 0.25) is 0 Å². The van der Waals surface area contributed by atoms with E-state index in [0.29, 0.717) is 0 Å². The lowest BCUT2D eigenvalue weighted by Crippen LogP contribution is -1.99. The molecule has 56 heavy (non-hydrogen) atoms. The summed E-state index contributed by atoms with van der Waals surface area (Å²) in [6.45, 7) is 11.2. The number of fused-ring (bicyclic) bond motifs is 6. The first kappa shape index (κ1) is 40.8. The van der Waals surface area contributed by atoms with E-state index in [1.165, 1.54) is 203 Å². The molecule has 2 nitrogen and oxygen atoms in total. The Morgan fingerprint density at radius 1 is 0.357 bits per heavy atom. The minimum Gasteiger partial charge on any atom is -0.340 e. The zero-order valence-corrected chi connectivity index (χ0v) is 36.8. The van der Waals surface area contributed by atoms with Crippen LogP contribution in [0.1, 0.15) is 152 Å². The first-order chi connectivity index (χ1) is 27.6. The van der Waals surface area contributed by atoms with E-state index in [1.807, 2.05) is 22.7 Å². The topological polar surface area (TPSA) is 9.86 Å². The van der Waals surface area contributed by atoms with Crippen LogP contribution in [0.3, 0.4) is 0 Å². The van der Waals surface area contributed by atoms with Crippen LogP contribution in [0.25, 0.3) is 64.5 Å². The maximum absolute atomic E-state index is 2.68. The van der Waals surface area contributed by atoms with Gasteiger partial charge in [0, 0.05) is 76.2 Å². The zero-order valence-electron chi connectivity index (χ0n) is 35.2. The van der Waals surface area contributed by atoms with Gasteiger partial charge >= 0.3 is 0 Å². The number of thiophene rings is 2. The highest BCUT2D eigenvalue weighted by Crippen LogP contribution is 2.41. The smallest absolute Gasteiger partial charge is 0.0499 e. The van der Waals surface area contributed by atoms with Crippen molar-refractivity contribution in [3.63, 3.8) is 0 Å². The highest BCUT2D eigenvalue weighted by molar-refractivity contribution is 7.15. The van der Waals surface area contributed by atoms with Crippen molar-refractivity contribution in [2.75, 3.05) is 0 Å². The third-order valence-electron chi connectivity index (χ3n) is 12.4. The van der Waals surface area contributed by atoms with Gasteiger partial charge in [-0.15, -0.1) is 22.7 Å². The number of nitrogens with zero attached hydrogens (tertiary/aromatic N) is 2. The highest BCUT2D eigenvalue weighted by Gasteiger charge is 2.19. The Labute approximate surface area is 346 Å². The van der Waals surface area contributed by atoms with Gasteiger partial charge < -0.3 is 9.13 Å². The molecule has 0 bridgehead atoms. The van der Waals surface area contributed by atoms with Gasteiger partial charge in [0.25, 0.3) is 0 Å². The van der Waals surface area contributed by atoms with E-state index in [-0.39, 0.29) is 0 Å². The van der Waals surface area contributed by atoms with Gasteiger partial charge in [-0.2, -0.15) is 0 Å². The molecule has 4 heteroatoms. The Balaban J connectivity index is 1.21. The Bertz CT molecular complexity index is 2130. The van der Waals surface area contributed by atoms with Gasteiger partial charge in [0.05, 0.1) is 0 Å². The van der Waals surface area contributed by atoms with Gasteiger partial charge in [0.1, 0.15) is 0 Å². The molecular formula is C52H68N2S2. The molecule has 0 spiro atoms. The molecule has 0 saturated carbocycles. The number of benzene rings is 3. The standard InChI is InChI=1S/C52H68N2S2/c1-5-7-9-11-13-15-17-19-21-23-33-53-47-29-27-41(51-31-25-39(3)55-51)35-43(47)45-38-50-46(37-49(45)53)44-36-42(52-32-26-40(4)56-52)28-30-48(44)54(50)34-24-22-20-18-16-14-12-10-8-6-2/h25-32,35-38H,5-24,33-34H2,1-4H3. The van der Waals surface area contributed by atoms with Gasteiger partial charge in [-0.1, -0.05) is 142 Å². The predicted octanol–water partition coefficient (Wildman–Crippen LogP) is 17.8. The Morgan fingerprint density at radius 2 is 0.696 bits per heavy atom. The van der Waals surface area contributed by atoms with Gasteiger partial charge in [-0.05, 0) is 98.5 Å². The molecule has 4 heterocycles. The fourth-order valence-corrected chi connectivity index (χ4v) is 10.9. The second kappa shape index (κ2) is 20.4. The van der Waals surface area contributed by atoms with Gasteiger partial charge in [-0.25, -0.2) is 0 Å². The van der Waals surface area contributed by atoms with Gasteiger partial charge in [-0.3, -0.25) is 0 Å². The van der Waals surface area contributed by atoms with Crippen molar-refractivity contribution in [2.45, 2.75) is 169 Å². The van der Waals surface area contributed by atoms with Crippen molar-refractivity contribution in [3.8, 4) is 20.9 Å². The third-order valence-corrected chi connectivity index (χ3v) is 14.5. The number of rotatable bonds is 24. The zero-order chi connectivity index (χ0) is 38.7. The first-order valence-corrected chi connectivity index (χ1v) is 24.3. The minimum atomic E-state index is 1.08. The van der Waals surface area contributed by atoms with Crippen molar-refractivity contribution < 1.29 is 0 Å². The fourth-order valence-electron chi connectivity index (χ4n) is 9.17. The Morgan fingerprint density at radius 3 is 1.04 bits per heavy atom. The average Bonchev–Trinajstić information content (AvgIpc) is 3.99. The second-order valence-electron chi connectivity index (χ2n) is 16.8. The SMILES string of the molecule is CCCCCCCCCCCCn1c2ccc(-c3ccc(C)s3)cc2c2cc3c(cc21)c1cc(-c2ccc(C)s2)ccc1n3CCCCCCCCCCCC. The van der Waals surface area contributed by atoms with Crippen molar-refractivity contribution in [1.82, 2.24) is 9.13 Å². The second-order valence-corrected chi connectivity index (χ2v) is 19.4. The van der Waals surface area contributed by atoms with Crippen LogP contribution in [0, 0.1) is 13.8 Å². The van der Waals surface area contributed by atoms with E-state index < -0.39 is 0 Å². The van der Waals surface area contributed by atoms with Gasteiger partial charge in [0.15, 0.2) is 0 Å². The number of unbranched alkanes of at least 4 members (excludes halogenated alkanes) is 18. The summed E-state index contributed by atoms with van der Waals surface area (Å²) in [6.07, 6.45) is 27.3. The van der Waals surface area contributed by atoms with Crippen LogP contribution in [0.4, 0.5) is 0 Å².